The van der Waals surface area contributed by atoms with Gasteiger partial charge in [0, 0.05) is 16.9 Å². The number of benzene rings is 2. The van der Waals surface area contributed by atoms with Crippen molar-refractivity contribution in [2.75, 3.05) is 6.54 Å². The zero-order valence-electron chi connectivity index (χ0n) is 11.4. The summed E-state index contributed by atoms with van der Waals surface area (Å²) in [4.78, 5) is 0. The summed E-state index contributed by atoms with van der Waals surface area (Å²) in [6.45, 7) is 0.451. The van der Waals surface area contributed by atoms with E-state index in [-0.39, 0.29) is 5.92 Å². The second-order valence-electron chi connectivity index (χ2n) is 4.99. The van der Waals surface area contributed by atoms with Crippen LogP contribution < -0.4 is 5.73 Å². The minimum absolute atomic E-state index is 0.0174. The lowest BCUT2D eigenvalue weighted by atomic mass is 9.90. The summed E-state index contributed by atoms with van der Waals surface area (Å²) < 4.78 is 1.02. The summed E-state index contributed by atoms with van der Waals surface area (Å²) in [6.07, 6.45) is 1.17. The predicted molar refractivity (Wildman–Crippen MR) is 86.7 cm³/mol. The van der Waals surface area contributed by atoms with Crippen LogP contribution in [0.2, 0.25) is 0 Å². The van der Waals surface area contributed by atoms with Crippen molar-refractivity contribution in [1.29, 1.82) is 0 Å². The van der Waals surface area contributed by atoms with Gasteiger partial charge in [0.15, 0.2) is 0 Å². The number of aliphatic hydroxyl groups is 1. The Kier molecular flexibility index (Phi) is 5.77. The van der Waals surface area contributed by atoms with Crippen LogP contribution in [-0.4, -0.2) is 17.8 Å². The van der Waals surface area contributed by atoms with Crippen LogP contribution in [0.3, 0.4) is 0 Å². The lowest BCUT2D eigenvalue weighted by molar-refractivity contribution is 0.136. The number of aliphatic hydroxyl groups excluding tert-OH is 1. The Hall–Kier alpha value is -1.16. The SMILES string of the molecule is NCC(c1cccc(Br)c1)C(O)CCc1ccccc1. The van der Waals surface area contributed by atoms with Crippen molar-refractivity contribution in [2.45, 2.75) is 24.9 Å². The van der Waals surface area contributed by atoms with Crippen molar-refractivity contribution >= 4 is 15.9 Å². The number of aryl methyl sites for hydroxylation is 1. The van der Waals surface area contributed by atoms with Crippen LogP contribution in [0.5, 0.6) is 0 Å². The molecule has 3 heteroatoms. The molecule has 3 N–H and O–H groups in total. The minimum atomic E-state index is -0.422. The van der Waals surface area contributed by atoms with Gasteiger partial charge in [0.1, 0.15) is 0 Å². The van der Waals surface area contributed by atoms with E-state index in [1.165, 1.54) is 5.56 Å². The van der Waals surface area contributed by atoms with Crippen molar-refractivity contribution < 1.29 is 5.11 Å². The Labute approximate surface area is 128 Å². The average molecular weight is 334 g/mol. The Balaban J connectivity index is 2.00. The first-order valence-corrected chi connectivity index (χ1v) is 7.67. The second kappa shape index (κ2) is 7.58. The monoisotopic (exact) mass is 333 g/mol. The fourth-order valence-electron chi connectivity index (χ4n) is 2.41. The van der Waals surface area contributed by atoms with Gasteiger partial charge < -0.3 is 10.8 Å². The van der Waals surface area contributed by atoms with Crippen molar-refractivity contribution in [3.8, 4) is 0 Å². The maximum atomic E-state index is 10.4. The average Bonchev–Trinajstić information content (AvgIpc) is 2.47. The van der Waals surface area contributed by atoms with E-state index in [1.54, 1.807) is 0 Å². The first-order valence-electron chi connectivity index (χ1n) is 6.88. The van der Waals surface area contributed by atoms with E-state index in [1.807, 2.05) is 42.5 Å². The lowest BCUT2D eigenvalue weighted by Gasteiger charge is -2.22. The molecule has 106 valence electrons. The van der Waals surface area contributed by atoms with Crippen molar-refractivity contribution in [3.63, 3.8) is 0 Å². The van der Waals surface area contributed by atoms with Crippen LogP contribution in [0.15, 0.2) is 59.1 Å². The van der Waals surface area contributed by atoms with Crippen LogP contribution in [-0.2, 0) is 6.42 Å². The van der Waals surface area contributed by atoms with Gasteiger partial charge in [-0.1, -0.05) is 58.4 Å². The molecule has 0 aliphatic rings. The zero-order valence-corrected chi connectivity index (χ0v) is 13.0. The van der Waals surface area contributed by atoms with E-state index in [2.05, 4.69) is 28.1 Å². The summed E-state index contributed by atoms with van der Waals surface area (Å²) in [5.41, 5.74) is 8.18. The van der Waals surface area contributed by atoms with Gasteiger partial charge in [-0.25, -0.2) is 0 Å². The van der Waals surface area contributed by atoms with Gasteiger partial charge in [-0.15, -0.1) is 0 Å². The molecule has 2 aromatic carbocycles. The quantitative estimate of drug-likeness (QED) is 0.850. The van der Waals surface area contributed by atoms with Crippen LogP contribution in [0.25, 0.3) is 0 Å². The van der Waals surface area contributed by atoms with E-state index in [9.17, 15) is 5.11 Å². The minimum Gasteiger partial charge on any atom is -0.392 e. The molecule has 0 amide bonds. The van der Waals surface area contributed by atoms with E-state index in [4.69, 9.17) is 5.73 Å². The van der Waals surface area contributed by atoms with E-state index in [0.29, 0.717) is 6.54 Å². The standard InChI is InChI=1S/C17H20BrNO/c18-15-8-4-7-14(11-15)16(12-19)17(20)10-9-13-5-2-1-3-6-13/h1-8,11,16-17,20H,9-10,12,19H2. The number of hydrogen-bond donors (Lipinski definition) is 2. The molecule has 20 heavy (non-hydrogen) atoms. The number of nitrogens with two attached hydrogens (primary N) is 1. The smallest absolute Gasteiger partial charge is 0.0624 e. The van der Waals surface area contributed by atoms with Crippen LogP contribution in [0, 0.1) is 0 Å². The summed E-state index contributed by atoms with van der Waals surface area (Å²) in [5, 5.41) is 10.4. The predicted octanol–water partition coefficient (Wildman–Crippen LogP) is 3.49. The van der Waals surface area contributed by atoms with Gasteiger partial charge in [-0.05, 0) is 36.1 Å². The van der Waals surface area contributed by atoms with Gasteiger partial charge in [-0.2, -0.15) is 0 Å². The molecule has 0 bridgehead atoms. The summed E-state index contributed by atoms with van der Waals surface area (Å²) >= 11 is 3.46. The summed E-state index contributed by atoms with van der Waals surface area (Å²) in [6, 6.07) is 18.2. The highest BCUT2D eigenvalue weighted by Crippen LogP contribution is 2.24. The van der Waals surface area contributed by atoms with E-state index >= 15 is 0 Å². The summed E-state index contributed by atoms with van der Waals surface area (Å²) in [7, 11) is 0. The lowest BCUT2D eigenvalue weighted by Crippen LogP contribution is -2.26. The molecule has 0 heterocycles. The molecule has 2 unspecified atom stereocenters. The third-order valence-corrected chi connectivity index (χ3v) is 4.06. The molecule has 0 aliphatic carbocycles. The zero-order chi connectivity index (χ0) is 14.4. The maximum absolute atomic E-state index is 10.4. The van der Waals surface area contributed by atoms with Crippen molar-refractivity contribution in [1.82, 2.24) is 0 Å². The first kappa shape index (κ1) is 15.2. The third-order valence-electron chi connectivity index (χ3n) is 3.57. The first-order chi connectivity index (χ1) is 9.70. The normalized spacial score (nSPS) is 13.9. The van der Waals surface area contributed by atoms with Gasteiger partial charge in [0.25, 0.3) is 0 Å². The third kappa shape index (κ3) is 4.17. The molecule has 2 aromatic rings. The molecule has 2 nitrogen and oxygen atoms in total. The molecule has 0 saturated heterocycles. The van der Waals surface area contributed by atoms with Crippen molar-refractivity contribution in [3.05, 3.63) is 70.2 Å². The van der Waals surface area contributed by atoms with E-state index < -0.39 is 6.10 Å². The van der Waals surface area contributed by atoms with Crippen molar-refractivity contribution in [2.24, 2.45) is 5.73 Å². The van der Waals surface area contributed by atoms with Gasteiger partial charge in [-0.3, -0.25) is 0 Å². The molecule has 0 spiro atoms. The van der Waals surface area contributed by atoms with Gasteiger partial charge in [0.05, 0.1) is 6.10 Å². The summed E-state index contributed by atoms with van der Waals surface area (Å²) in [5.74, 6) is -0.0174. The van der Waals surface area contributed by atoms with Gasteiger partial charge >= 0.3 is 0 Å². The molecule has 2 atom stereocenters. The highest BCUT2D eigenvalue weighted by atomic mass is 79.9. The van der Waals surface area contributed by atoms with Gasteiger partial charge in [0.2, 0.25) is 0 Å². The Morgan fingerprint density at radius 2 is 1.80 bits per heavy atom. The number of hydrogen-bond acceptors (Lipinski definition) is 2. The van der Waals surface area contributed by atoms with Crippen LogP contribution in [0.1, 0.15) is 23.5 Å². The largest absolute Gasteiger partial charge is 0.392 e. The Morgan fingerprint density at radius 3 is 2.45 bits per heavy atom. The highest BCUT2D eigenvalue weighted by Gasteiger charge is 2.19. The molecular formula is C17H20BrNO. The molecule has 0 aromatic heterocycles. The van der Waals surface area contributed by atoms with Crippen LogP contribution in [0.4, 0.5) is 0 Å². The fraction of sp³-hybridized carbons (Fsp3) is 0.294. The number of rotatable bonds is 6. The molecule has 0 fully saturated rings. The van der Waals surface area contributed by atoms with Crippen LogP contribution >= 0.6 is 15.9 Å². The maximum Gasteiger partial charge on any atom is 0.0624 e. The second-order valence-corrected chi connectivity index (χ2v) is 5.90. The highest BCUT2D eigenvalue weighted by molar-refractivity contribution is 9.10. The Morgan fingerprint density at radius 1 is 1.05 bits per heavy atom. The molecule has 0 radical (unpaired) electrons. The Bertz CT molecular complexity index is 530. The molecule has 0 aliphatic heterocycles. The van der Waals surface area contributed by atoms with E-state index in [0.717, 1.165) is 22.9 Å². The fourth-order valence-corrected chi connectivity index (χ4v) is 2.83. The molecular weight excluding hydrogens is 314 g/mol. The molecule has 2 rings (SSSR count). The molecule has 0 saturated carbocycles. The number of halogens is 1. The topological polar surface area (TPSA) is 46.2 Å².